The van der Waals surface area contributed by atoms with Crippen molar-refractivity contribution >= 4 is 5.97 Å². The van der Waals surface area contributed by atoms with Crippen LogP contribution in [0.25, 0.3) is 4.85 Å². The standard InChI is InChI=1S/C12H19NO2/c1-5-7-8-11(6-2)9-15-12(14)10(3)13-4/h11H,3,5-9H2,1-2H3. The average Bonchev–Trinajstić information content (AvgIpc) is 2.27. The van der Waals surface area contributed by atoms with Gasteiger partial charge in [0.05, 0.1) is 13.2 Å². The molecule has 0 aliphatic heterocycles. The Morgan fingerprint density at radius 3 is 2.67 bits per heavy atom. The van der Waals surface area contributed by atoms with Crippen LogP contribution >= 0.6 is 0 Å². The smallest absolute Gasteiger partial charge is 0.335 e. The number of unbranched alkanes of at least 4 members (excludes halogenated alkanes) is 1. The molecular weight excluding hydrogens is 190 g/mol. The number of ether oxygens (including phenoxy) is 1. The summed E-state index contributed by atoms with van der Waals surface area (Å²) in [5.41, 5.74) is -0.139. The lowest BCUT2D eigenvalue weighted by Crippen LogP contribution is -2.14. The van der Waals surface area contributed by atoms with E-state index >= 15 is 0 Å². The first-order chi connectivity index (χ1) is 7.15. The second kappa shape index (κ2) is 8.05. The molecule has 0 aliphatic carbocycles. The third kappa shape index (κ3) is 5.90. The molecule has 1 atom stereocenters. The molecule has 3 heteroatoms. The minimum absolute atomic E-state index is 0.139. The number of rotatable bonds is 7. The van der Waals surface area contributed by atoms with Crippen molar-refractivity contribution in [2.24, 2.45) is 5.92 Å². The van der Waals surface area contributed by atoms with Crippen molar-refractivity contribution in [3.05, 3.63) is 23.7 Å². The van der Waals surface area contributed by atoms with Crippen LogP contribution in [0, 0.1) is 12.5 Å². The van der Waals surface area contributed by atoms with Gasteiger partial charge in [-0.25, -0.2) is 4.85 Å². The van der Waals surface area contributed by atoms with Gasteiger partial charge in [-0.2, -0.15) is 0 Å². The zero-order valence-corrected chi connectivity index (χ0v) is 9.58. The second-order valence-electron chi connectivity index (χ2n) is 3.57. The summed E-state index contributed by atoms with van der Waals surface area (Å²) >= 11 is 0. The minimum atomic E-state index is -0.583. The first-order valence-electron chi connectivity index (χ1n) is 5.39. The SMILES string of the molecule is [C-]#[N+]C(=C)C(=O)OCC(CC)CCCC. The molecule has 0 bridgehead atoms. The first-order valence-corrected chi connectivity index (χ1v) is 5.39. The Labute approximate surface area is 91.9 Å². The van der Waals surface area contributed by atoms with Crippen molar-refractivity contribution in [2.75, 3.05) is 6.61 Å². The van der Waals surface area contributed by atoms with Crippen LogP contribution in [-0.2, 0) is 9.53 Å². The highest BCUT2D eigenvalue weighted by Gasteiger charge is 2.12. The highest BCUT2D eigenvalue weighted by molar-refractivity contribution is 5.89. The summed E-state index contributed by atoms with van der Waals surface area (Å²) in [6.07, 6.45) is 4.38. The summed E-state index contributed by atoms with van der Waals surface area (Å²) in [6.45, 7) is 14.5. The van der Waals surface area contributed by atoms with E-state index in [0.717, 1.165) is 25.7 Å². The molecule has 0 aromatic rings. The molecule has 0 N–H and O–H groups in total. The summed E-state index contributed by atoms with van der Waals surface area (Å²) in [4.78, 5) is 14.1. The van der Waals surface area contributed by atoms with Crippen molar-refractivity contribution in [3.63, 3.8) is 0 Å². The van der Waals surface area contributed by atoms with Gasteiger partial charge >= 0.3 is 5.97 Å². The van der Waals surface area contributed by atoms with Gasteiger partial charge in [0.2, 0.25) is 0 Å². The highest BCUT2D eigenvalue weighted by Crippen LogP contribution is 2.13. The molecule has 0 aromatic carbocycles. The molecule has 0 radical (unpaired) electrons. The molecule has 0 fully saturated rings. The maximum atomic E-state index is 11.1. The summed E-state index contributed by atoms with van der Waals surface area (Å²) in [5, 5.41) is 0. The predicted octanol–water partition coefficient (Wildman–Crippen LogP) is 3.18. The van der Waals surface area contributed by atoms with Gasteiger partial charge in [-0.05, 0) is 12.3 Å². The zero-order chi connectivity index (χ0) is 11.7. The third-order valence-electron chi connectivity index (χ3n) is 2.36. The summed E-state index contributed by atoms with van der Waals surface area (Å²) < 4.78 is 4.99. The van der Waals surface area contributed by atoms with Crippen LogP contribution < -0.4 is 0 Å². The number of hydrogen-bond donors (Lipinski definition) is 0. The largest absolute Gasteiger partial charge is 0.470 e. The van der Waals surface area contributed by atoms with Crippen LogP contribution in [0.4, 0.5) is 0 Å². The van der Waals surface area contributed by atoms with E-state index in [0.29, 0.717) is 12.5 Å². The summed E-state index contributed by atoms with van der Waals surface area (Å²) in [7, 11) is 0. The van der Waals surface area contributed by atoms with E-state index in [1.165, 1.54) is 0 Å². The molecule has 0 spiro atoms. The highest BCUT2D eigenvalue weighted by atomic mass is 16.5. The van der Waals surface area contributed by atoms with Gasteiger partial charge in [-0.1, -0.05) is 39.7 Å². The quantitative estimate of drug-likeness (QED) is 0.366. The Morgan fingerprint density at radius 1 is 1.53 bits per heavy atom. The zero-order valence-electron chi connectivity index (χ0n) is 9.58. The second-order valence-corrected chi connectivity index (χ2v) is 3.57. The molecule has 0 heterocycles. The van der Waals surface area contributed by atoms with Gasteiger partial charge < -0.3 is 4.74 Å². The molecule has 0 aromatic heterocycles. The van der Waals surface area contributed by atoms with E-state index in [-0.39, 0.29) is 5.70 Å². The van der Waals surface area contributed by atoms with Gasteiger partial charge in [0.1, 0.15) is 0 Å². The Hall–Kier alpha value is -1.30. The van der Waals surface area contributed by atoms with Gasteiger partial charge in [-0.15, -0.1) is 0 Å². The van der Waals surface area contributed by atoms with Crippen LogP contribution in [0.3, 0.4) is 0 Å². The predicted molar refractivity (Wildman–Crippen MR) is 60.0 cm³/mol. The van der Waals surface area contributed by atoms with Crippen LogP contribution in [-0.4, -0.2) is 12.6 Å². The maximum absolute atomic E-state index is 11.1. The van der Waals surface area contributed by atoms with Gasteiger partial charge in [0.25, 0.3) is 5.70 Å². The van der Waals surface area contributed by atoms with Crippen molar-refractivity contribution in [3.8, 4) is 0 Å². The van der Waals surface area contributed by atoms with Crippen LogP contribution in [0.15, 0.2) is 12.3 Å². The average molecular weight is 209 g/mol. The van der Waals surface area contributed by atoms with E-state index in [1.54, 1.807) is 0 Å². The lowest BCUT2D eigenvalue weighted by molar-refractivity contribution is -0.140. The Balaban J connectivity index is 3.85. The fraction of sp³-hybridized carbons (Fsp3) is 0.667. The molecule has 0 saturated heterocycles. The molecule has 0 amide bonds. The lowest BCUT2D eigenvalue weighted by atomic mass is 10.0. The van der Waals surface area contributed by atoms with Gasteiger partial charge in [0.15, 0.2) is 0 Å². The number of esters is 1. The molecule has 84 valence electrons. The molecule has 15 heavy (non-hydrogen) atoms. The Kier molecular flexibility index (Phi) is 7.35. The first kappa shape index (κ1) is 13.7. The van der Waals surface area contributed by atoms with Crippen LogP contribution in [0.5, 0.6) is 0 Å². The molecule has 0 saturated carbocycles. The maximum Gasteiger partial charge on any atom is 0.335 e. The minimum Gasteiger partial charge on any atom is -0.470 e. The fourth-order valence-corrected chi connectivity index (χ4v) is 1.22. The van der Waals surface area contributed by atoms with Crippen LogP contribution in [0.2, 0.25) is 0 Å². The Morgan fingerprint density at radius 2 is 2.20 bits per heavy atom. The monoisotopic (exact) mass is 209 g/mol. The molecule has 0 rings (SSSR count). The molecular formula is C12H19NO2. The molecule has 3 nitrogen and oxygen atoms in total. The van der Waals surface area contributed by atoms with E-state index in [1.807, 2.05) is 0 Å². The van der Waals surface area contributed by atoms with E-state index in [2.05, 4.69) is 25.3 Å². The van der Waals surface area contributed by atoms with Gasteiger partial charge in [0, 0.05) is 0 Å². The lowest BCUT2D eigenvalue weighted by Gasteiger charge is -2.14. The Bertz CT molecular complexity index is 253. The summed E-state index contributed by atoms with van der Waals surface area (Å²) in [6, 6.07) is 0. The number of carbonyl (C=O) groups excluding carboxylic acids is 1. The van der Waals surface area contributed by atoms with Crippen LogP contribution in [0.1, 0.15) is 39.5 Å². The van der Waals surface area contributed by atoms with Crippen molar-refractivity contribution in [2.45, 2.75) is 39.5 Å². The summed E-state index contributed by atoms with van der Waals surface area (Å²) in [5.74, 6) is -0.174. The number of hydrogen-bond acceptors (Lipinski definition) is 2. The third-order valence-corrected chi connectivity index (χ3v) is 2.36. The number of nitrogens with zero attached hydrogens (tertiary/aromatic N) is 1. The van der Waals surface area contributed by atoms with E-state index in [9.17, 15) is 4.79 Å². The molecule has 0 aliphatic rings. The fourth-order valence-electron chi connectivity index (χ4n) is 1.22. The van der Waals surface area contributed by atoms with Crippen molar-refractivity contribution < 1.29 is 9.53 Å². The van der Waals surface area contributed by atoms with Crippen molar-refractivity contribution in [1.29, 1.82) is 0 Å². The normalized spacial score (nSPS) is 11.5. The van der Waals surface area contributed by atoms with E-state index in [4.69, 9.17) is 11.3 Å². The van der Waals surface area contributed by atoms with Gasteiger partial charge in [-0.3, -0.25) is 4.79 Å². The van der Waals surface area contributed by atoms with Crippen molar-refractivity contribution in [1.82, 2.24) is 0 Å². The molecule has 1 unspecified atom stereocenters. The van der Waals surface area contributed by atoms with E-state index < -0.39 is 5.97 Å². The number of carbonyl (C=O) groups is 1. The topological polar surface area (TPSA) is 30.7 Å².